The summed E-state index contributed by atoms with van der Waals surface area (Å²) in [5.41, 5.74) is 3.78. The molecule has 5 rings (SSSR count). The lowest BCUT2D eigenvalue weighted by Gasteiger charge is -2.45. The Morgan fingerprint density at radius 2 is 1.86 bits per heavy atom. The lowest BCUT2D eigenvalue weighted by molar-refractivity contribution is 0.0720. The molecule has 3 heteroatoms. The monoisotopic (exact) mass is 293 g/mol. The van der Waals surface area contributed by atoms with Gasteiger partial charge in [0.25, 0.3) is 0 Å². The molecule has 1 aromatic heterocycles. The van der Waals surface area contributed by atoms with E-state index >= 15 is 0 Å². The molecule has 3 saturated heterocycles. The minimum absolute atomic E-state index is 0.681. The van der Waals surface area contributed by atoms with Crippen LogP contribution < -0.4 is 5.32 Å². The molecule has 2 aromatic rings. The van der Waals surface area contributed by atoms with Crippen molar-refractivity contribution in [2.24, 2.45) is 5.92 Å². The molecule has 3 aliphatic rings. The molecule has 114 valence electrons. The quantitative estimate of drug-likeness (QED) is 0.939. The van der Waals surface area contributed by atoms with Gasteiger partial charge in [-0.1, -0.05) is 30.3 Å². The maximum absolute atomic E-state index is 4.19. The molecule has 0 spiro atoms. The molecule has 1 unspecified atom stereocenters. The second-order valence-corrected chi connectivity index (χ2v) is 6.56. The third kappa shape index (κ3) is 2.92. The first-order chi connectivity index (χ1) is 10.9. The number of nitrogens with zero attached hydrogens (tertiary/aromatic N) is 2. The number of aromatic nitrogens is 1. The van der Waals surface area contributed by atoms with E-state index in [4.69, 9.17) is 0 Å². The molecular formula is C19H23N3. The molecule has 1 aromatic carbocycles. The van der Waals surface area contributed by atoms with E-state index in [-0.39, 0.29) is 0 Å². The summed E-state index contributed by atoms with van der Waals surface area (Å²) in [6.45, 7) is 4.83. The fraction of sp³-hybridized carbons (Fsp3) is 0.421. The van der Waals surface area contributed by atoms with Crippen LogP contribution in [0.25, 0.3) is 11.1 Å². The maximum Gasteiger partial charge on any atom is 0.0346 e. The van der Waals surface area contributed by atoms with Crippen molar-refractivity contribution in [3.63, 3.8) is 0 Å². The van der Waals surface area contributed by atoms with Gasteiger partial charge in [0.2, 0.25) is 0 Å². The van der Waals surface area contributed by atoms with Crippen LogP contribution in [-0.2, 0) is 6.54 Å². The Morgan fingerprint density at radius 3 is 2.50 bits per heavy atom. The number of nitrogens with one attached hydrogen (secondary N) is 1. The van der Waals surface area contributed by atoms with Gasteiger partial charge < -0.3 is 10.2 Å². The van der Waals surface area contributed by atoms with Crippen LogP contribution in [0, 0.1) is 5.92 Å². The second-order valence-electron chi connectivity index (χ2n) is 6.56. The predicted molar refractivity (Wildman–Crippen MR) is 89.5 cm³/mol. The molecule has 3 aliphatic heterocycles. The third-order valence-corrected chi connectivity index (χ3v) is 5.17. The van der Waals surface area contributed by atoms with Gasteiger partial charge in [-0.2, -0.15) is 0 Å². The predicted octanol–water partition coefficient (Wildman–Crippen LogP) is 2.93. The summed E-state index contributed by atoms with van der Waals surface area (Å²) in [5, 5.41) is 3.77. The van der Waals surface area contributed by atoms with Crippen molar-refractivity contribution in [1.29, 1.82) is 0 Å². The Hall–Kier alpha value is -1.71. The lowest BCUT2D eigenvalue weighted by Crippen LogP contribution is -2.55. The number of piperidine rings is 3. The van der Waals surface area contributed by atoms with E-state index in [1.165, 1.54) is 49.2 Å². The summed E-state index contributed by atoms with van der Waals surface area (Å²) in [6.07, 6.45) is 6.48. The highest BCUT2D eigenvalue weighted by molar-refractivity contribution is 5.62. The smallest absolute Gasteiger partial charge is 0.0346 e. The average molecular weight is 293 g/mol. The fourth-order valence-corrected chi connectivity index (χ4v) is 3.79. The highest BCUT2D eigenvalue weighted by Crippen LogP contribution is 2.27. The molecule has 2 bridgehead atoms. The van der Waals surface area contributed by atoms with Crippen molar-refractivity contribution in [3.05, 3.63) is 54.4 Å². The molecule has 3 nitrogen and oxygen atoms in total. The van der Waals surface area contributed by atoms with Crippen LogP contribution in [-0.4, -0.2) is 35.6 Å². The number of pyridine rings is 1. The normalized spacial score (nSPS) is 27.0. The molecule has 22 heavy (non-hydrogen) atoms. The number of hydrogen-bond donors (Lipinski definition) is 1. The van der Waals surface area contributed by atoms with Gasteiger partial charge in [0.15, 0.2) is 0 Å². The summed E-state index contributed by atoms with van der Waals surface area (Å²) in [5.74, 6) is 0.889. The Bertz CT molecular complexity index is 600. The van der Waals surface area contributed by atoms with Crippen molar-refractivity contribution in [1.82, 2.24) is 15.2 Å². The zero-order valence-corrected chi connectivity index (χ0v) is 12.9. The van der Waals surface area contributed by atoms with Crippen LogP contribution in [0.3, 0.4) is 0 Å². The lowest BCUT2D eigenvalue weighted by atomic mass is 9.84. The van der Waals surface area contributed by atoms with Crippen LogP contribution in [0.1, 0.15) is 18.4 Å². The van der Waals surface area contributed by atoms with Crippen LogP contribution >= 0.6 is 0 Å². The molecule has 0 amide bonds. The van der Waals surface area contributed by atoms with Crippen molar-refractivity contribution in [3.8, 4) is 11.1 Å². The Balaban J connectivity index is 1.38. The minimum atomic E-state index is 0.681. The second kappa shape index (κ2) is 6.19. The summed E-state index contributed by atoms with van der Waals surface area (Å²) >= 11 is 0. The number of fused-ring (bicyclic) bond motifs is 3. The number of hydrogen-bond acceptors (Lipinski definition) is 3. The van der Waals surface area contributed by atoms with Gasteiger partial charge in [-0.05, 0) is 54.6 Å². The first kappa shape index (κ1) is 13.9. The van der Waals surface area contributed by atoms with Gasteiger partial charge >= 0.3 is 0 Å². The van der Waals surface area contributed by atoms with Gasteiger partial charge in [-0.25, -0.2) is 0 Å². The van der Waals surface area contributed by atoms with Crippen LogP contribution in [0.2, 0.25) is 0 Å². The third-order valence-electron chi connectivity index (χ3n) is 5.17. The largest absolute Gasteiger partial charge is 0.308 e. The zero-order chi connectivity index (χ0) is 14.8. The van der Waals surface area contributed by atoms with E-state index in [9.17, 15) is 0 Å². The van der Waals surface area contributed by atoms with E-state index in [2.05, 4.69) is 45.5 Å². The minimum Gasteiger partial charge on any atom is -0.308 e. The summed E-state index contributed by atoms with van der Waals surface area (Å²) in [7, 11) is 0. The Kier molecular flexibility index (Phi) is 3.92. The van der Waals surface area contributed by atoms with Crippen molar-refractivity contribution >= 4 is 0 Å². The van der Waals surface area contributed by atoms with Crippen molar-refractivity contribution < 1.29 is 0 Å². The van der Waals surface area contributed by atoms with E-state index in [1.54, 1.807) is 0 Å². The zero-order valence-electron chi connectivity index (χ0n) is 12.9. The molecule has 3 fully saturated rings. The highest BCUT2D eigenvalue weighted by atomic mass is 15.2. The first-order valence-corrected chi connectivity index (χ1v) is 8.33. The number of rotatable bonds is 4. The van der Waals surface area contributed by atoms with Gasteiger partial charge in [-0.15, -0.1) is 0 Å². The maximum atomic E-state index is 4.19. The van der Waals surface area contributed by atoms with E-state index < -0.39 is 0 Å². The molecule has 1 N–H and O–H groups in total. The molecular weight excluding hydrogens is 270 g/mol. The van der Waals surface area contributed by atoms with Crippen molar-refractivity contribution in [2.75, 3.05) is 19.6 Å². The van der Waals surface area contributed by atoms with E-state index in [0.29, 0.717) is 6.04 Å². The molecule has 4 heterocycles. The fourth-order valence-electron chi connectivity index (χ4n) is 3.79. The topological polar surface area (TPSA) is 28.2 Å². The van der Waals surface area contributed by atoms with E-state index in [0.717, 1.165) is 12.5 Å². The standard InChI is InChI=1S/C19H23N3/c1-2-18(13-20-9-1)16-5-3-15(4-6-16)12-21-19-14-22-10-7-17(19)8-11-22/h1-6,9,13,17,19,21H,7-8,10-12,14H2. The molecule has 0 saturated carbocycles. The van der Waals surface area contributed by atoms with Gasteiger partial charge in [0.1, 0.15) is 0 Å². The summed E-state index contributed by atoms with van der Waals surface area (Å²) in [6, 6.07) is 13.6. The highest BCUT2D eigenvalue weighted by Gasteiger charge is 2.33. The Labute approximate surface area is 132 Å². The Morgan fingerprint density at radius 1 is 1.05 bits per heavy atom. The molecule has 0 aliphatic carbocycles. The van der Waals surface area contributed by atoms with Gasteiger partial charge in [0.05, 0.1) is 0 Å². The van der Waals surface area contributed by atoms with Crippen molar-refractivity contribution in [2.45, 2.75) is 25.4 Å². The number of benzene rings is 1. The van der Waals surface area contributed by atoms with Gasteiger partial charge in [0, 0.05) is 31.5 Å². The summed E-state index contributed by atoms with van der Waals surface area (Å²) in [4.78, 5) is 6.79. The van der Waals surface area contributed by atoms with Gasteiger partial charge in [-0.3, -0.25) is 4.98 Å². The first-order valence-electron chi connectivity index (χ1n) is 8.33. The average Bonchev–Trinajstić information content (AvgIpc) is 2.62. The molecule has 1 atom stereocenters. The summed E-state index contributed by atoms with van der Waals surface area (Å²) < 4.78 is 0. The SMILES string of the molecule is c1cncc(-c2ccc(CNC3CN4CCC3CC4)cc2)c1. The molecule has 0 radical (unpaired) electrons. The van der Waals surface area contributed by atoms with Crippen LogP contribution in [0.15, 0.2) is 48.8 Å². The van der Waals surface area contributed by atoms with Crippen LogP contribution in [0.5, 0.6) is 0 Å². The van der Waals surface area contributed by atoms with E-state index in [1.807, 2.05) is 18.5 Å². The van der Waals surface area contributed by atoms with Crippen LogP contribution in [0.4, 0.5) is 0 Å².